The van der Waals surface area contributed by atoms with Crippen LogP contribution in [-0.4, -0.2) is 43.0 Å². The summed E-state index contributed by atoms with van der Waals surface area (Å²) in [6.07, 6.45) is 3.31. The van der Waals surface area contributed by atoms with Gasteiger partial charge in [0.1, 0.15) is 0 Å². The number of hydrogen-bond donors (Lipinski definition) is 2. The Morgan fingerprint density at radius 1 is 1.44 bits per heavy atom. The fourth-order valence-electron chi connectivity index (χ4n) is 2.48. The van der Waals surface area contributed by atoms with Crippen LogP contribution in [0.15, 0.2) is 0 Å². The number of hydrogen-bond acceptors (Lipinski definition) is 3. The lowest BCUT2D eigenvalue weighted by atomic mass is 10.1. The summed E-state index contributed by atoms with van der Waals surface area (Å²) in [6, 6.07) is -0.0000586. The topological polar surface area (TPSA) is 58.4 Å². The fraction of sp³-hybridized carbons (Fsp3) is 0.929. The van der Waals surface area contributed by atoms with Crippen LogP contribution >= 0.6 is 0 Å². The van der Waals surface area contributed by atoms with Gasteiger partial charge in [-0.25, -0.2) is 0 Å². The monoisotopic (exact) mass is 255 g/mol. The number of carbonyl (C=O) groups excluding carboxylic acids is 1. The van der Waals surface area contributed by atoms with E-state index in [0.29, 0.717) is 11.8 Å². The molecule has 2 atom stereocenters. The molecular formula is C14H29N3O. The summed E-state index contributed by atoms with van der Waals surface area (Å²) in [5.41, 5.74) is 5.59. The van der Waals surface area contributed by atoms with Gasteiger partial charge in [0, 0.05) is 13.1 Å². The lowest BCUT2D eigenvalue weighted by Crippen LogP contribution is -2.44. The van der Waals surface area contributed by atoms with Crippen LogP contribution in [0.1, 0.15) is 40.0 Å². The van der Waals surface area contributed by atoms with Gasteiger partial charge in [-0.15, -0.1) is 0 Å². The molecule has 1 heterocycles. The minimum absolute atomic E-state index is 0.0000586. The summed E-state index contributed by atoms with van der Waals surface area (Å²) in [7, 11) is 0. The van der Waals surface area contributed by atoms with E-state index in [0.717, 1.165) is 39.0 Å². The van der Waals surface area contributed by atoms with Crippen LogP contribution in [0.2, 0.25) is 0 Å². The zero-order valence-electron chi connectivity index (χ0n) is 12.1. The molecule has 0 bridgehead atoms. The van der Waals surface area contributed by atoms with Crippen molar-refractivity contribution in [2.24, 2.45) is 17.6 Å². The summed E-state index contributed by atoms with van der Waals surface area (Å²) < 4.78 is 0. The summed E-state index contributed by atoms with van der Waals surface area (Å²) in [4.78, 5) is 14.3. The summed E-state index contributed by atoms with van der Waals surface area (Å²) in [5.74, 6) is 1.49. The van der Waals surface area contributed by atoms with E-state index in [1.165, 1.54) is 6.42 Å². The smallest absolute Gasteiger partial charge is 0.237 e. The van der Waals surface area contributed by atoms with Crippen molar-refractivity contribution in [3.63, 3.8) is 0 Å². The molecular weight excluding hydrogens is 226 g/mol. The Labute approximate surface area is 111 Å². The Hall–Kier alpha value is -0.610. The predicted molar refractivity (Wildman–Crippen MR) is 75.3 cm³/mol. The maximum absolute atomic E-state index is 12.0. The summed E-state index contributed by atoms with van der Waals surface area (Å²) in [6.45, 7) is 9.96. The second-order valence-electron chi connectivity index (χ2n) is 5.88. The van der Waals surface area contributed by atoms with E-state index < -0.39 is 0 Å². The van der Waals surface area contributed by atoms with Crippen molar-refractivity contribution < 1.29 is 4.79 Å². The first kappa shape index (κ1) is 15.4. The van der Waals surface area contributed by atoms with Gasteiger partial charge in [-0.2, -0.15) is 0 Å². The van der Waals surface area contributed by atoms with Gasteiger partial charge in [0.25, 0.3) is 0 Å². The largest absolute Gasteiger partial charge is 0.355 e. The number of rotatable bonds is 7. The molecule has 4 nitrogen and oxygen atoms in total. The van der Waals surface area contributed by atoms with Gasteiger partial charge in [-0.1, -0.05) is 13.8 Å². The number of carbonyl (C=O) groups is 1. The number of nitrogens with two attached hydrogens (primary N) is 1. The highest BCUT2D eigenvalue weighted by Gasteiger charge is 2.28. The molecule has 3 N–H and O–H groups in total. The number of nitrogens with one attached hydrogen (secondary N) is 1. The van der Waals surface area contributed by atoms with Crippen LogP contribution in [0.3, 0.4) is 0 Å². The van der Waals surface area contributed by atoms with Gasteiger partial charge in [0.05, 0.1) is 6.04 Å². The molecule has 0 aliphatic carbocycles. The lowest BCUT2D eigenvalue weighted by molar-refractivity contribution is -0.125. The third-order valence-electron chi connectivity index (χ3n) is 3.84. The molecule has 0 aromatic heterocycles. The van der Waals surface area contributed by atoms with Crippen molar-refractivity contribution in [3.05, 3.63) is 0 Å². The highest BCUT2D eigenvalue weighted by molar-refractivity contribution is 5.81. The van der Waals surface area contributed by atoms with Crippen molar-refractivity contribution >= 4 is 5.91 Å². The van der Waals surface area contributed by atoms with Gasteiger partial charge in [0.2, 0.25) is 5.91 Å². The van der Waals surface area contributed by atoms with Gasteiger partial charge >= 0.3 is 0 Å². The minimum atomic E-state index is -0.0000586. The van der Waals surface area contributed by atoms with Crippen LogP contribution in [0.5, 0.6) is 0 Å². The molecule has 1 rings (SSSR count). The van der Waals surface area contributed by atoms with E-state index in [1.807, 2.05) is 6.92 Å². The highest BCUT2D eigenvalue weighted by atomic mass is 16.2. The van der Waals surface area contributed by atoms with Gasteiger partial charge < -0.3 is 11.1 Å². The first-order chi connectivity index (χ1) is 8.54. The standard InChI is InChI=1S/C14H29N3O/c1-11(2)5-8-16-14(18)12(3)17-9-6-13(10-17)4-7-15/h11-13H,4-10,15H2,1-3H3,(H,16,18). The van der Waals surface area contributed by atoms with E-state index >= 15 is 0 Å². The molecule has 1 saturated heterocycles. The average Bonchev–Trinajstić information content (AvgIpc) is 2.76. The molecule has 0 aromatic carbocycles. The maximum Gasteiger partial charge on any atom is 0.237 e. The zero-order chi connectivity index (χ0) is 13.5. The number of likely N-dealkylation sites (tertiary alicyclic amines) is 1. The Morgan fingerprint density at radius 3 is 2.78 bits per heavy atom. The number of amides is 1. The van der Waals surface area contributed by atoms with Crippen LogP contribution in [0.25, 0.3) is 0 Å². The fourth-order valence-corrected chi connectivity index (χ4v) is 2.48. The van der Waals surface area contributed by atoms with Crippen molar-refractivity contribution in [2.75, 3.05) is 26.2 Å². The van der Waals surface area contributed by atoms with Crippen molar-refractivity contribution in [1.29, 1.82) is 0 Å². The van der Waals surface area contributed by atoms with E-state index in [2.05, 4.69) is 24.1 Å². The van der Waals surface area contributed by atoms with Crippen molar-refractivity contribution in [1.82, 2.24) is 10.2 Å². The molecule has 0 aromatic rings. The minimum Gasteiger partial charge on any atom is -0.355 e. The molecule has 106 valence electrons. The first-order valence-corrected chi connectivity index (χ1v) is 7.26. The van der Waals surface area contributed by atoms with Crippen molar-refractivity contribution in [3.8, 4) is 0 Å². The molecule has 0 radical (unpaired) electrons. The molecule has 0 spiro atoms. The summed E-state index contributed by atoms with van der Waals surface area (Å²) >= 11 is 0. The molecule has 1 aliphatic rings. The van der Waals surface area contributed by atoms with Crippen LogP contribution in [0, 0.1) is 11.8 Å². The van der Waals surface area contributed by atoms with E-state index in [-0.39, 0.29) is 11.9 Å². The van der Waals surface area contributed by atoms with Gasteiger partial charge in [0.15, 0.2) is 0 Å². The van der Waals surface area contributed by atoms with E-state index in [1.54, 1.807) is 0 Å². The van der Waals surface area contributed by atoms with Crippen LogP contribution in [-0.2, 0) is 4.79 Å². The Balaban J connectivity index is 2.27. The summed E-state index contributed by atoms with van der Waals surface area (Å²) in [5, 5.41) is 3.03. The lowest BCUT2D eigenvalue weighted by Gasteiger charge is -2.23. The Kier molecular flexibility index (Phi) is 6.65. The molecule has 2 unspecified atom stereocenters. The van der Waals surface area contributed by atoms with Crippen molar-refractivity contribution in [2.45, 2.75) is 46.1 Å². The zero-order valence-corrected chi connectivity index (χ0v) is 12.1. The molecule has 0 saturated carbocycles. The average molecular weight is 255 g/mol. The molecule has 4 heteroatoms. The normalized spacial score (nSPS) is 22.4. The molecule has 1 aliphatic heterocycles. The second-order valence-corrected chi connectivity index (χ2v) is 5.88. The molecule has 18 heavy (non-hydrogen) atoms. The quantitative estimate of drug-likeness (QED) is 0.719. The third kappa shape index (κ3) is 4.94. The predicted octanol–water partition coefficient (Wildman–Crippen LogP) is 1.21. The van der Waals surface area contributed by atoms with Gasteiger partial charge in [-0.3, -0.25) is 9.69 Å². The highest BCUT2D eigenvalue weighted by Crippen LogP contribution is 2.20. The van der Waals surface area contributed by atoms with E-state index in [9.17, 15) is 4.79 Å². The third-order valence-corrected chi connectivity index (χ3v) is 3.84. The molecule has 1 amide bonds. The molecule has 1 fully saturated rings. The van der Waals surface area contributed by atoms with E-state index in [4.69, 9.17) is 5.73 Å². The van der Waals surface area contributed by atoms with Crippen LogP contribution < -0.4 is 11.1 Å². The second kappa shape index (κ2) is 7.74. The SMILES string of the molecule is CC(C)CCNC(=O)C(C)N1CCC(CCN)C1. The first-order valence-electron chi connectivity index (χ1n) is 7.26. The van der Waals surface area contributed by atoms with Crippen LogP contribution in [0.4, 0.5) is 0 Å². The Bertz CT molecular complexity index is 255. The Morgan fingerprint density at radius 2 is 2.17 bits per heavy atom. The number of nitrogens with zero attached hydrogens (tertiary/aromatic N) is 1. The van der Waals surface area contributed by atoms with Gasteiger partial charge in [-0.05, 0) is 51.1 Å². The maximum atomic E-state index is 12.0.